The van der Waals surface area contributed by atoms with Crippen molar-refractivity contribution in [3.05, 3.63) is 63.7 Å². The van der Waals surface area contributed by atoms with Gasteiger partial charge in [0.2, 0.25) is 0 Å². The van der Waals surface area contributed by atoms with Crippen LogP contribution in [0.2, 0.25) is 10.0 Å². The Balaban J connectivity index is 1.26. The molecule has 0 aliphatic heterocycles. The van der Waals surface area contributed by atoms with E-state index in [1.54, 1.807) is 10.9 Å². The lowest BCUT2D eigenvalue weighted by Gasteiger charge is -2.10. The second-order valence-corrected chi connectivity index (χ2v) is 8.99. The van der Waals surface area contributed by atoms with Gasteiger partial charge in [0.15, 0.2) is 10.8 Å². The van der Waals surface area contributed by atoms with E-state index in [2.05, 4.69) is 20.8 Å². The summed E-state index contributed by atoms with van der Waals surface area (Å²) in [4.78, 5) is 0. The first-order valence-corrected chi connectivity index (χ1v) is 11.5. The molecule has 12 heteroatoms. The van der Waals surface area contributed by atoms with E-state index in [-0.39, 0.29) is 10.9 Å². The topological polar surface area (TPSA) is 59.7 Å². The average molecular weight is 517 g/mol. The first-order valence-electron chi connectivity index (χ1n) is 10.4. The molecule has 0 atom stereocenters. The summed E-state index contributed by atoms with van der Waals surface area (Å²) in [6.45, 7) is 1.30. The molecule has 0 bridgehead atoms. The first kappa shape index (κ1) is 23.8. The molecule has 1 fully saturated rings. The molecule has 0 unspecified atom stereocenters. The van der Waals surface area contributed by atoms with Gasteiger partial charge in [0.05, 0.1) is 29.1 Å². The Kier molecular flexibility index (Phi) is 7.16. The van der Waals surface area contributed by atoms with E-state index in [4.69, 9.17) is 35.4 Å². The SMILES string of the molecule is FC(F)(F)c1nn(CCCNC(=S)Nc2cnn(Cc3ccccc3Cl)c2)c(C2CC2)c1Cl. The number of rotatable bonds is 8. The Morgan fingerprint density at radius 2 is 1.97 bits per heavy atom. The third-order valence-corrected chi connectivity index (χ3v) is 6.17. The smallest absolute Gasteiger partial charge is 0.362 e. The molecule has 2 N–H and O–H groups in total. The van der Waals surface area contributed by atoms with Gasteiger partial charge in [-0.15, -0.1) is 0 Å². The maximum Gasteiger partial charge on any atom is 0.436 e. The summed E-state index contributed by atoms with van der Waals surface area (Å²) in [7, 11) is 0. The van der Waals surface area contributed by atoms with Gasteiger partial charge in [0.1, 0.15) is 0 Å². The van der Waals surface area contributed by atoms with Crippen LogP contribution in [-0.4, -0.2) is 31.2 Å². The Bertz CT molecular complexity index is 1140. The van der Waals surface area contributed by atoms with Gasteiger partial charge in [0, 0.05) is 30.2 Å². The maximum atomic E-state index is 13.2. The number of alkyl halides is 3. The van der Waals surface area contributed by atoms with Crippen molar-refractivity contribution in [3.8, 4) is 0 Å². The number of halogens is 5. The van der Waals surface area contributed by atoms with Crippen molar-refractivity contribution < 1.29 is 13.2 Å². The van der Waals surface area contributed by atoms with E-state index in [0.29, 0.717) is 47.6 Å². The minimum Gasteiger partial charge on any atom is -0.362 e. The Labute approximate surface area is 204 Å². The van der Waals surface area contributed by atoms with Crippen molar-refractivity contribution in [2.45, 2.75) is 44.4 Å². The van der Waals surface area contributed by atoms with Gasteiger partial charge in [-0.3, -0.25) is 9.36 Å². The lowest BCUT2D eigenvalue weighted by Crippen LogP contribution is -2.29. The van der Waals surface area contributed by atoms with E-state index < -0.39 is 11.9 Å². The summed E-state index contributed by atoms with van der Waals surface area (Å²) in [6.07, 6.45) is 1.09. The van der Waals surface area contributed by atoms with Crippen molar-refractivity contribution in [3.63, 3.8) is 0 Å². The van der Waals surface area contributed by atoms with Crippen LogP contribution in [-0.2, 0) is 19.3 Å². The molecule has 0 spiro atoms. The molecule has 0 radical (unpaired) electrons. The molecule has 6 nitrogen and oxygen atoms in total. The summed E-state index contributed by atoms with van der Waals surface area (Å²) >= 11 is 17.5. The minimum atomic E-state index is -4.56. The highest BCUT2D eigenvalue weighted by Crippen LogP contribution is 2.46. The normalized spacial score (nSPS) is 13.8. The minimum absolute atomic E-state index is 0.0547. The molecular weight excluding hydrogens is 496 g/mol. The van der Waals surface area contributed by atoms with Crippen LogP contribution in [0.4, 0.5) is 18.9 Å². The first-order chi connectivity index (χ1) is 15.7. The van der Waals surface area contributed by atoms with E-state index in [9.17, 15) is 13.2 Å². The largest absolute Gasteiger partial charge is 0.436 e. The van der Waals surface area contributed by atoms with Crippen LogP contribution in [0.5, 0.6) is 0 Å². The van der Waals surface area contributed by atoms with Crippen LogP contribution in [0.15, 0.2) is 36.7 Å². The highest BCUT2D eigenvalue weighted by molar-refractivity contribution is 7.80. The molecule has 1 aliphatic rings. The Morgan fingerprint density at radius 3 is 2.67 bits per heavy atom. The average Bonchev–Trinajstić information content (AvgIpc) is 3.39. The number of nitrogens with zero attached hydrogens (tertiary/aromatic N) is 4. The fourth-order valence-corrected chi connectivity index (χ4v) is 4.29. The highest BCUT2D eigenvalue weighted by Gasteiger charge is 2.41. The number of benzene rings is 1. The summed E-state index contributed by atoms with van der Waals surface area (Å²) in [5, 5.41) is 14.9. The van der Waals surface area contributed by atoms with Crippen molar-refractivity contribution in [1.82, 2.24) is 24.9 Å². The standard InChI is InChI=1S/C21H21Cl2F3N6S/c22-16-5-2-1-4-14(16)11-31-12-15(10-28-31)29-20(33)27-8-3-9-32-18(13-6-7-13)17(23)19(30-32)21(24,25)26/h1-2,4-5,10,12-13H,3,6-9,11H2,(H2,27,29,33). The molecule has 33 heavy (non-hydrogen) atoms. The monoisotopic (exact) mass is 516 g/mol. The zero-order valence-electron chi connectivity index (χ0n) is 17.4. The quantitative estimate of drug-likeness (QED) is 0.296. The van der Waals surface area contributed by atoms with E-state index in [1.807, 2.05) is 30.5 Å². The lowest BCUT2D eigenvalue weighted by molar-refractivity contribution is -0.141. The van der Waals surface area contributed by atoms with E-state index >= 15 is 0 Å². The molecule has 0 saturated heterocycles. The number of hydrogen-bond donors (Lipinski definition) is 2. The molecule has 176 valence electrons. The van der Waals surface area contributed by atoms with Crippen molar-refractivity contribution in [2.75, 3.05) is 11.9 Å². The van der Waals surface area contributed by atoms with Crippen LogP contribution in [0.25, 0.3) is 0 Å². The van der Waals surface area contributed by atoms with Gasteiger partial charge in [-0.05, 0) is 43.1 Å². The molecule has 3 aromatic rings. The van der Waals surface area contributed by atoms with Crippen LogP contribution >= 0.6 is 35.4 Å². The predicted octanol–water partition coefficient (Wildman–Crippen LogP) is 5.71. The van der Waals surface area contributed by atoms with E-state index in [0.717, 1.165) is 18.4 Å². The van der Waals surface area contributed by atoms with Crippen LogP contribution in [0.3, 0.4) is 0 Å². The molecule has 1 aromatic carbocycles. The molecular formula is C21H21Cl2F3N6S. The van der Waals surface area contributed by atoms with Crippen molar-refractivity contribution >= 4 is 46.2 Å². The van der Waals surface area contributed by atoms with E-state index in [1.165, 1.54) is 4.68 Å². The lowest BCUT2D eigenvalue weighted by atomic mass is 10.2. The van der Waals surface area contributed by atoms with Crippen molar-refractivity contribution in [1.29, 1.82) is 0 Å². The molecule has 2 heterocycles. The summed E-state index contributed by atoms with van der Waals surface area (Å²) in [5.41, 5.74) is 1.14. The molecule has 0 amide bonds. The fraction of sp³-hybridized carbons (Fsp3) is 0.381. The molecule has 1 saturated carbocycles. The summed E-state index contributed by atoms with van der Waals surface area (Å²) in [6, 6.07) is 7.54. The zero-order valence-corrected chi connectivity index (χ0v) is 19.7. The molecule has 2 aromatic heterocycles. The van der Waals surface area contributed by atoms with Gasteiger partial charge in [0.25, 0.3) is 0 Å². The Hall–Kier alpha value is -2.30. The number of aromatic nitrogens is 4. The fourth-order valence-electron chi connectivity index (χ4n) is 3.47. The maximum absolute atomic E-state index is 13.2. The van der Waals surface area contributed by atoms with Gasteiger partial charge in [-0.2, -0.15) is 23.4 Å². The third-order valence-electron chi connectivity index (χ3n) is 5.18. The Morgan fingerprint density at radius 1 is 1.21 bits per heavy atom. The second-order valence-electron chi connectivity index (χ2n) is 7.80. The number of aryl methyl sites for hydroxylation is 1. The summed E-state index contributed by atoms with van der Waals surface area (Å²) in [5.74, 6) is 0.0547. The van der Waals surface area contributed by atoms with Crippen LogP contribution in [0, 0.1) is 0 Å². The third kappa shape index (κ3) is 5.99. The molecule has 4 rings (SSSR count). The van der Waals surface area contributed by atoms with Crippen LogP contribution < -0.4 is 10.6 Å². The van der Waals surface area contributed by atoms with Crippen molar-refractivity contribution in [2.24, 2.45) is 0 Å². The van der Waals surface area contributed by atoms with Gasteiger partial charge in [-0.1, -0.05) is 41.4 Å². The number of hydrogen-bond acceptors (Lipinski definition) is 3. The van der Waals surface area contributed by atoms with Gasteiger partial charge < -0.3 is 10.6 Å². The molecule has 1 aliphatic carbocycles. The predicted molar refractivity (Wildman–Crippen MR) is 126 cm³/mol. The zero-order chi connectivity index (χ0) is 23.6. The van der Waals surface area contributed by atoms with Gasteiger partial charge in [-0.25, -0.2) is 0 Å². The number of thiocarbonyl (C=S) groups is 1. The number of nitrogens with one attached hydrogen (secondary N) is 2. The second kappa shape index (κ2) is 9.90. The van der Waals surface area contributed by atoms with Gasteiger partial charge >= 0.3 is 6.18 Å². The van der Waals surface area contributed by atoms with Crippen LogP contribution in [0.1, 0.15) is 42.1 Å². The summed E-state index contributed by atoms with van der Waals surface area (Å²) < 4.78 is 42.6. The highest BCUT2D eigenvalue weighted by atomic mass is 35.5. The number of anilines is 1.